The quantitative estimate of drug-likeness (QED) is 0.761. The molecule has 0 atom stereocenters. The molecule has 0 unspecified atom stereocenters. The summed E-state index contributed by atoms with van der Waals surface area (Å²) in [6.45, 7) is 7.03. The van der Waals surface area contributed by atoms with E-state index < -0.39 is 0 Å². The van der Waals surface area contributed by atoms with Crippen LogP contribution < -0.4 is 16.2 Å². The Hall–Kier alpha value is -2.31. The van der Waals surface area contributed by atoms with E-state index in [1.165, 1.54) is 12.3 Å². The second kappa shape index (κ2) is 6.85. The molecule has 0 aliphatic carbocycles. The number of amides is 3. The van der Waals surface area contributed by atoms with Crippen molar-refractivity contribution >= 4 is 11.9 Å². The molecule has 1 aliphatic rings. The number of carbonyl (C=O) groups excluding carboxylic acids is 2. The van der Waals surface area contributed by atoms with Crippen LogP contribution in [0.15, 0.2) is 23.1 Å². The smallest absolute Gasteiger partial charge is 0.317 e. The van der Waals surface area contributed by atoms with Gasteiger partial charge in [0.2, 0.25) is 5.56 Å². The van der Waals surface area contributed by atoms with Crippen molar-refractivity contribution in [2.75, 3.05) is 13.1 Å². The van der Waals surface area contributed by atoms with Gasteiger partial charge in [-0.2, -0.15) is 0 Å². The Kier molecular flexibility index (Phi) is 5.08. The van der Waals surface area contributed by atoms with Crippen molar-refractivity contribution in [1.29, 1.82) is 0 Å². The van der Waals surface area contributed by atoms with Gasteiger partial charge in [0, 0.05) is 42.5 Å². The van der Waals surface area contributed by atoms with Gasteiger partial charge in [0.25, 0.3) is 5.91 Å². The van der Waals surface area contributed by atoms with Crippen molar-refractivity contribution < 1.29 is 9.59 Å². The van der Waals surface area contributed by atoms with Crippen LogP contribution in [0.2, 0.25) is 0 Å². The maximum absolute atomic E-state index is 12.1. The summed E-state index contributed by atoms with van der Waals surface area (Å²) < 4.78 is 0. The fraction of sp³-hybridized carbons (Fsp3) is 0.562. The first kappa shape index (κ1) is 17.1. The number of aromatic nitrogens is 1. The molecule has 23 heavy (non-hydrogen) atoms. The van der Waals surface area contributed by atoms with Crippen molar-refractivity contribution in [3.8, 4) is 0 Å². The van der Waals surface area contributed by atoms with Gasteiger partial charge in [-0.15, -0.1) is 0 Å². The number of H-pyrrole nitrogens is 1. The number of rotatable bonds is 2. The molecule has 0 saturated carbocycles. The van der Waals surface area contributed by atoms with Gasteiger partial charge in [0.05, 0.1) is 0 Å². The second-order valence-electron chi connectivity index (χ2n) is 6.86. The molecule has 7 nitrogen and oxygen atoms in total. The van der Waals surface area contributed by atoms with Gasteiger partial charge in [0.1, 0.15) is 0 Å². The minimum absolute atomic E-state index is 0.0143. The number of urea groups is 1. The molecule has 1 aromatic heterocycles. The number of nitrogens with zero attached hydrogens (tertiary/aromatic N) is 1. The normalized spacial score (nSPS) is 16.0. The fourth-order valence-electron chi connectivity index (χ4n) is 2.48. The van der Waals surface area contributed by atoms with Crippen LogP contribution in [0.5, 0.6) is 0 Å². The summed E-state index contributed by atoms with van der Waals surface area (Å²) in [5.41, 5.74) is -0.212. The lowest BCUT2D eigenvalue weighted by Gasteiger charge is -2.34. The molecule has 1 saturated heterocycles. The molecule has 3 N–H and O–H groups in total. The Morgan fingerprint density at radius 2 is 1.91 bits per heavy atom. The molecule has 3 amide bonds. The Labute approximate surface area is 135 Å². The van der Waals surface area contributed by atoms with Crippen LogP contribution in [0.4, 0.5) is 4.79 Å². The first-order valence-electron chi connectivity index (χ1n) is 7.81. The predicted octanol–water partition coefficient (Wildman–Crippen LogP) is 1.08. The maximum atomic E-state index is 12.1. The van der Waals surface area contributed by atoms with Crippen molar-refractivity contribution in [3.05, 3.63) is 34.2 Å². The van der Waals surface area contributed by atoms with E-state index in [-0.39, 0.29) is 29.1 Å². The van der Waals surface area contributed by atoms with E-state index in [1.54, 1.807) is 11.0 Å². The molecule has 1 fully saturated rings. The van der Waals surface area contributed by atoms with E-state index in [0.717, 1.165) is 0 Å². The first-order chi connectivity index (χ1) is 10.7. The highest BCUT2D eigenvalue weighted by atomic mass is 16.2. The van der Waals surface area contributed by atoms with Crippen LogP contribution in [-0.2, 0) is 0 Å². The number of nitrogens with one attached hydrogen (secondary N) is 3. The third-order valence-electron chi connectivity index (χ3n) is 3.64. The van der Waals surface area contributed by atoms with Crippen LogP contribution in [0.25, 0.3) is 0 Å². The number of carbonyl (C=O) groups is 2. The monoisotopic (exact) mass is 320 g/mol. The lowest BCUT2D eigenvalue weighted by molar-refractivity contribution is 0.0917. The molecular weight excluding hydrogens is 296 g/mol. The van der Waals surface area contributed by atoms with Gasteiger partial charge in [-0.05, 0) is 39.7 Å². The van der Waals surface area contributed by atoms with E-state index in [4.69, 9.17) is 0 Å². The summed E-state index contributed by atoms with van der Waals surface area (Å²) in [6, 6.07) is 2.79. The number of hydrogen-bond donors (Lipinski definition) is 3. The van der Waals surface area contributed by atoms with Crippen LogP contribution in [-0.4, -0.2) is 46.5 Å². The fourth-order valence-corrected chi connectivity index (χ4v) is 2.48. The average molecular weight is 320 g/mol. The molecule has 1 aromatic rings. The SMILES string of the molecule is CC(C)(C)NC(=O)N1CCC(NC(=O)c2cc[nH]c(=O)c2)CC1. The number of pyridine rings is 1. The lowest BCUT2D eigenvalue weighted by Crippen LogP contribution is -2.53. The van der Waals surface area contributed by atoms with Crippen LogP contribution in [0.3, 0.4) is 0 Å². The summed E-state index contributed by atoms with van der Waals surface area (Å²) in [4.78, 5) is 39.7. The van der Waals surface area contributed by atoms with Crippen LogP contribution in [0.1, 0.15) is 44.0 Å². The molecule has 2 rings (SSSR count). The van der Waals surface area contributed by atoms with Gasteiger partial charge in [-0.25, -0.2) is 4.79 Å². The largest absolute Gasteiger partial charge is 0.349 e. The Bertz CT molecular complexity index is 625. The van der Waals surface area contributed by atoms with E-state index in [0.29, 0.717) is 31.5 Å². The zero-order valence-corrected chi connectivity index (χ0v) is 13.8. The second-order valence-corrected chi connectivity index (χ2v) is 6.86. The van der Waals surface area contributed by atoms with Gasteiger partial charge < -0.3 is 20.5 Å². The molecule has 7 heteroatoms. The molecule has 0 radical (unpaired) electrons. The predicted molar refractivity (Wildman–Crippen MR) is 87.4 cm³/mol. The van der Waals surface area contributed by atoms with Crippen LogP contribution in [0, 0.1) is 0 Å². The molecule has 0 spiro atoms. The van der Waals surface area contributed by atoms with Gasteiger partial charge in [-0.1, -0.05) is 0 Å². The summed E-state index contributed by atoms with van der Waals surface area (Å²) in [5.74, 6) is -0.256. The average Bonchev–Trinajstić information content (AvgIpc) is 2.46. The third-order valence-corrected chi connectivity index (χ3v) is 3.64. The Morgan fingerprint density at radius 3 is 2.48 bits per heavy atom. The molecule has 1 aliphatic heterocycles. The molecule has 0 aromatic carbocycles. The van der Waals surface area contributed by atoms with Crippen molar-refractivity contribution in [2.24, 2.45) is 0 Å². The Morgan fingerprint density at radius 1 is 1.26 bits per heavy atom. The summed E-state index contributed by atoms with van der Waals surface area (Å²) in [5, 5.41) is 5.86. The Balaban J connectivity index is 1.84. The third kappa shape index (κ3) is 5.12. The highest BCUT2D eigenvalue weighted by Gasteiger charge is 2.26. The molecule has 2 heterocycles. The number of aromatic amines is 1. The van der Waals surface area contributed by atoms with Crippen molar-refractivity contribution in [2.45, 2.75) is 45.2 Å². The molecule has 0 bridgehead atoms. The number of piperidine rings is 1. The zero-order valence-electron chi connectivity index (χ0n) is 13.8. The van der Waals surface area contributed by atoms with E-state index >= 15 is 0 Å². The minimum atomic E-state index is -0.300. The maximum Gasteiger partial charge on any atom is 0.317 e. The first-order valence-corrected chi connectivity index (χ1v) is 7.81. The summed E-state index contributed by atoms with van der Waals surface area (Å²) in [6.07, 6.45) is 2.86. The standard InChI is InChI=1S/C16H24N4O3/c1-16(2,3)19-15(23)20-8-5-12(6-9-20)18-14(22)11-4-7-17-13(21)10-11/h4,7,10,12H,5-6,8-9H2,1-3H3,(H,17,21)(H,18,22)(H,19,23). The minimum Gasteiger partial charge on any atom is -0.349 e. The zero-order chi connectivity index (χ0) is 17.0. The van der Waals surface area contributed by atoms with Crippen molar-refractivity contribution in [3.63, 3.8) is 0 Å². The topological polar surface area (TPSA) is 94.3 Å². The van der Waals surface area contributed by atoms with Gasteiger partial charge in [0.15, 0.2) is 0 Å². The van der Waals surface area contributed by atoms with Crippen molar-refractivity contribution in [1.82, 2.24) is 20.5 Å². The van der Waals surface area contributed by atoms with E-state index in [2.05, 4.69) is 15.6 Å². The highest BCUT2D eigenvalue weighted by Crippen LogP contribution is 2.12. The molecular formula is C16H24N4O3. The number of likely N-dealkylation sites (tertiary alicyclic amines) is 1. The summed E-state index contributed by atoms with van der Waals surface area (Å²) >= 11 is 0. The van der Waals surface area contributed by atoms with Gasteiger partial charge in [-0.3, -0.25) is 9.59 Å². The number of hydrogen-bond acceptors (Lipinski definition) is 3. The van der Waals surface area contributed by atoms with E-state index in [9.17, 15) is 14.4 Å². The van der Waals surface area contributed by atoms with Gasteiger partial charge >= 0.3 is 6.03 Å². The molecule has 126 valence electrons. The highest BCUT2D eigenvalue weighted by molar-refractivity contribution is 5.94. The van der Waals surface area contributed by atoms with Crippen LogP contribution >= 0.6 is 0 Å². The lowest BCUT2D eigenvalue weighted by atomic mass is 10.0. The summed E-state index contributed by atoms with van der Waals surface area (Å²) in [7, 11) is 0. The van der Waals surface area contributed by atoms with E-state index in [1.807, 2.05) is 20.8 Å².